The molecule has 0 spiro atoms. The van der Waals surface area contributed by atoms with Gasteiger partial charge >= 0.3 is 0 Å². The lowest BCUT2D eigenvalue weighted by Gasteiger charge is -2.30. The molecule has 1 fully saturated rings. The normalized spacial score (nSPS) is 15.2. The number of ether oxygens (including phenoxy) is 1. The summed E-state index contributed by atoms with van der Waals surface area (Å²) in [6.45, 7) is 6.16. The molecule has 164 valence electrons. The second-order valence-electron chi connectivity index (χ2n) is 8.44. The van der Waals surface area contributed by atoms with E-state index in [1.807, 2.05) is 32.9 Å². The highest BCUT2D eigenvalue weighted by atomic mass is 16.5. The topological polar surface area (TPSA) is 90.4 Å². The Kier molecular flexibility index (Phi) is 5.85. The maximum absolute atomic E-state index is 13.1. The third kappa shape index (κ3) is 4.09. The van der Waals surface area contributed by atoms with Crippen molar-refractivity contribution >= 4 is 5.91 Å². The van der Waals surface area contributed by atoms with Crippen LogP contribution >= 0.6 is 0 Å². The molecule has 1 aliphatic rings. The minimum Gasteiger partial charge on any atom is -0.497 e. The lowest BCUT2D eigenvalue weighted by Crippen LogP contribution is -2.39. The fourth-order valence-corrected chi connectivity index (χ4v) is 4.61. The number of carbonyl (C=O) groups is 1. The molecular weight excluding hydrogens is 394 g/mol. The third-order valence-electron chi connectivity index (χ3n) is 6.58. The summed E-state index contributed by atoms with van der Waals surface area (Å²) in [4.78, 5) is 13.1. The minimum absolute atomic E-state index is 0.0669. The minimum atomic E-state index is -0.210. The Morgan fingerprint density at radius 1 is 1.03 bits per heavy atom. The Balaban J connectivity index is 1.53. The quantitative estimate of drug-likeness (QED) is 0.605. The average molecular weight is 424 g/mol. The van der Waals surface area contributed by atoms with Crippen molar-refractivity contribution in [3.8, 4) is 5.75 Å². The molecule has 0 aliphatic heterocycles. The maximum atomic E-state index is 13.1. The van der Waals surface area contributed by atoms with Crippen molar-refractivity contribution in [1.29, 1.82) is 0 Å². The van der Waals surface area contributed by atoms with Gasteiger partial charge in [0.15, 0.2) is 5.69 Å². The van der Waals surface area contributed by atoms with E-state index in [1.54, 1.807) is 7.11 Å². The number of methoxy groups -OCH3 is 1. The number of rotatable bonds is 7. The van der Waals surface area contributed by atoms with Gasteiger partial charge < -0.3 is 19.1 Å². The van der Waals surface area contributed by atoms with Crippen molar-refractivity contribution in [2.24, 2.45) is 0 Å². The van der Waals surface area contributed by atoms with Crippen LogP contribution in [-0.4, -0.2) is 29.9 Å². The summed E-state index contributed by atoms with van der Waals surface area (Å²) >= 11 is 0. The van der Waals surface area contributed by atoms with E-state index in [9.17, 15) is 4.79 Å². The van der Waals surface area contributed by atoms with Crippen molar-refractivity contribution in [1.82, 2.24) is 15.6 Å². The summed E-state index contributed by atoms with van der Waals surface area (Å²) in [5, 5.41) is 11.2. The van der Waals surface area contributed by atoms with Gasteiger partial charge in [-0.15, -0.1) is 0 Å². The smallest absolute Gasteiger partial charge is 0.273 e. The zero-order valence-electron chi connectivity index (χ0n) is 18.6. The molecule has 2 heterocycles. The number of hydrogen-bond acceptors (Lipinski definition) is 6. The second kappa shape index (κ2) is 8.57. The molecule has 31 heavy (non-hydrogen) atoms. The predicted octanol–water partition coefficient (Wildman–Crippen LogP) is 4.43. The van der Waals surface area contributed by atoms with Gasteiger partial charge in [-0.05, 0) is 51.3 Å². The van der Waals surface area contributed by atoms with Crippen molar-refractivity contribution in [2.45, 2.75) is 58.3 Å². The number of amides is 1. The molecule has 1 saturated carbocycles. The van der Waals surface area contributed by atoms with Crippen molar-refractivity contribution < 1.29 is 18.6 Å². The maximum Gasteiger partial charge on any atom is 0.273 e. The summed E-state index contributed by atoms with van der Waals surface area (Å²) in [6, 6.07) is 8.19. The molecular formula is C24H29N3O4. The van der Waals surface area contributed by atoms with Gasteiger partial charge in [0.1, 0.15) is 17.3 Å². The molecule has 0 unspecified atom stereocenters. The molecule has 2 aromatic heterocycles. The molecule has 0 atom stereocenters. The Labute approximate surface area is 182 Å². The van der Waals surface area contributed by atoms with E-state index in [0.29, 0.717) is 24.4 Å². The Morgan fingerprint density at radius 2 is 1.68 bits per heavy atom. The molecule has 4 rings (SSSR count). The van der Waals surface area contributed by atoms with Crippen molar-refractivity contribution in [3.05, 3.63) is 63.9 Å². The summed E-state index contributed by atoms with van der Waals surface area (Å²) in [7, 11) is 1.67. The summed E-state index contributed by atoms with van der Waals surface area (Å²) < 4.78 is 15.9. The SMILES string of the molecule is COc1ccc(C2(CNC(=O)c3noc(C)c3Cc3c(C)noc3C)CCCC2)cc1. The largest absolute Gasteiger partial charge is 0.497 e. The first-order valence-electron chi connectivity index (χ1n) is 10.7. The van der Waals surface area contributed by atoms with Gasteiger partial charge in [0.2, 0.25) is 0 Å². The number of hydrogen-bond donors (Lipinski definition) is 1. The Bertz CT molecular complexity index is 1040. The van der Waals surface area contributed by atoms with E-state index in [0.717, 1.165) is 54.0 Å². The lowest BCUT2D eigenvalue weighted by atomic mass is 9.78. The number of nitrogens with one attached hydrogen (secondary N) is 1. The van der Waals surface area contributed by atoms with Gasteiger partial charge in [0.25, 0.3) is 5.91 Å². The summed E-state index contributed by atoms with van der Waals surface area (Å²) in [5.74, 6) is 2.01. The standard InChI is InChI=1S/C24H29N3O4/c1-15-20(16(2)30-26-15)13-21-17(3)31-27-22(21)23(28)25-14-24(11-5-6-12-24)18-7-9-19(29-4)10-8-18/h7-10H,5-6,11-14H2,1-4H3,(H,25,28). The average Bonchev–Trinajstić information content (AvgIpc) is 3.49. The number of carbonyl (C=O) groups excluding carboxylic acids is 1. The summed E-state index contributed by atoms with van der Waals surface area (Å²) in [5.41, 5.74) is 4.05. The number of aromatic nitrogens is 2. The van der Waals surface area contributed by atoms with Gasteiger partial charge in [0, 0.05) is 29.5 Å². The van der Waals surface area contributed by atoms with Crippen molar-refractivity contribution in [3.63, 3.8) is 0 Å². The van der Waals surface area contributed by atoms with Gasteiger partial charge in [-0.3, -0.25) is 4.79 Å². The van der Waals surface area contributed by atoms with E-state index >= 15 is 0 Å². The van der Waals surface area contributed by atoms with Crippen LogP contribution in [0.2, 0.25) is 0 Å². The van der Waals surface area contributed by atoms with Gasteiger partial charge in [-0.2, -0.15) is 0 Å². The zero-order chi connectivity index (χ0) is 22.0. The highest BCUT2D eigenvalue weighted by Crippen LogP contribution is 2.41. The highest BCUT2D eigenvalue weighted by Gasteiger charge is 2.36. The number of benzene rings is 1. The molecule has 0 saturated heterocycles. The molecule has 1 N–H and O–H groups in total. The molecule has 1 amide bonds. The van der Waals surface area contributed by atoms with Gasteiger partial charge in [-0.25, -0.2) is 0 Å². The fourth-order valence-electron chi connectivity index (χ4n) is 4.61. The highest BCUT2D eigenvalue weighted by molar-refractivity contribution is 5.94. The number of aryl methyl sites for hydroxylation is 3. The van der Waals surface area contributed by atoms with Crippen LogP contribution in [-0.2, 0) is 11.8 Å². The number of nitrogens with zero attached hydrogens (tertiary/aromatic N) is 2. The molecule has 0 radical (unpaired) electrons. The molecule has 3 aromatic rings. The van der Waals surface area contributed by atoms with Crippen LogP contribution in [0.3, 0.4) is 0 Å². The van der Waals surface area contributed by atoms with Crippen LogP contribution in [0, 0.1) is 20.8 Å². The molecule has 7 nitrogen and oxygen atoms in total. The van der Waals surface area contributed by atoms with E-state index < -0.39 is 0 Å². The predicted molar refractivity (Wildman–Crippen MR) is 115 cm³/mol. The van der Waals surface area contributed by atoms with Crippen LogP contribution < -0.4 is 10.1 Å². The monoisotopic (exact) mass is 423 g/mol. The van der Waals surface area contributed by atoms with E-state index in [4.69, 9.17) is 13.8 Å². The van der Waals surface area contributed by atoms with E-state index in [-0.39, 0.29) is 11.3 Å². The van der Waals surface area contributed by atoms with Gasteiger partial charge in [0.05, 0.1) is 12.8 Å². The summed E-state index contributed by atoms with van der Waals surface area (Å²) in [6.07, 6.45) is 4.90. The van der Waals surface area contributed by atoms with Crippen LogP contribution in [0.4, 0.5) is 0 Å². The second-order valence-corrected chi connectivity index (χ2v) is 8.44. The molecule has 7 heteroatoms. The Hall–Kier alpha value is -3.09. The first-order valence-corrected chi connectivity index (χ1v) is 10.7. The van der Waals surface area contributed by atoms with Gasteiger partial charge in [-0.1, -0.05) is 35.3 Å². The van der Waals surface area contributed by atoms with Crippen LogP contribution in [0.15, 0.2) is 33.3 Å². The fraction of sp³-hybridized carbons (Fsp3) is 0.458. The third-order valence-corrected chi connectivity index (χ3v) is 6.58. The van der Waals surface area contributed by atoms with Crippen LogP contribution in [0.5, 0.6) is 5.75 Å². The lowest BCUT2D eigenvalue weighted by molar-refractivity contribution is 0.0933. The van der Waals surface area contributed by atoms with E-state index in [1.165, 1.54) is 5.56 Å². The Morgan fingerprint density at radius 3 is 2.29 bits per heavy atom. The molecule has 1 aliphatic carbocycles. The molecule has 1 aromatic carbocycles. The first kappa shape index (κ1) is 21.2. The zero-order valence-corrected chi connectivity index (χ0v) is 18.6. The van der Waals surface area contributed by atoms with Crippen LogP contribution in [0.1, 0.15) is 70.1 Å². The van der Waals surface area contributed by atoms with Crippen molar-refractivity contribution in [2.75, 3.05) is 13.7 Å². The van der Waals surface area contributed by atoms with E-state index in [2.05, 4.69) is 27.8 Å². The first-order chi connectivity index (χ1) is 14.9. The van der Waals surface area contributed by atoms with Crippen LogP contribution in [0.25, 0.3) is 0 Å². The molecule has 0 bridgehead atoms.